The molecule has 0 spiro atoms. The summed E-state index contributed by atoms with van der Waals surface area (Å²) in [5.74, 6) is -1.33. The predicted molar refractivity (Wildman–Crippen MR) is 88.2 cm³/mol. The molecular formula is C17H21N3O4. The molecule has 0 saturated carbocycles. The Bertz CT molecular complexity index is 697. The number of hydrazone groups is 1. The molecule has 1 aromatic carbocycles. The molecule has 1 aromatic rings. The number of benzene rings is 1. The van der Waals surface area contributed by atoms with Crippen LogP contribution in [0.25, 0.3) is 0 Å². The number of nitrogens with one attached hydrogen (secondary N) is 2. The van der Waals surface area contributed by atoms with Crippen molar-refractivity contribution in [3.63, 3.8) is 0 Å². The van der Waals surface area contributed by atoms with Gasteiger partial charge in [0.1, 0.15) is 5.71 Å². The van der Waals surface area contributed by atoms with Gasteiger partial charge in [0.15, 0.2) is 6.61 Å². The van der Waals surface area contributed by atoms with E-state index in [1.807, 2.05) is 39.0 Å². The van der Waals surface area contributed by atoms with Crippen LogP contribution in [0.2, 0.25) is 0 Å². The topological polar surface area (TPSA) is 96.9 Å². The smallest absolute Gasteiger partial charge is 0.355 e. The van der Waals surface area contributed by atoms with Gasteiger partial charge in [0.05, 0.1) is 6.04 Å². The summed E-state index contributed by atoms with van der Waals surface area (Å²) < 4.78 is 4.93. The van der Waals surface area contributed by atoms with Crippen LogP contribution in [0.4, 0.5) is 0 Å². The number of rotatable bonds is 5. The largest absolute Gasteiger partial charge is 0.451 e. The number of nitrogens with zero attached hydrogens (tertiary/aromatic N) is 1. The van der Waals surface area contributed by atoms with Crippen LogP contribution in [0.5, 0.6) is 0 Å². The van der Waals surface area contributed by atoms with Crippen molar-refractivity contribution in [3.05, 3.63) is 34.9 Å². The fourth-order valence-corrected chi connectivity index (χ4v) is 2.24. The number of amides is 2. The first-order chi connectivity index (χ1) is 11.4. The summed E-state index contributed by atoms with van der Waals surface area (Å²) in [4.78, 5) is 34.6. The van der Waals surface area contributed by atoms with E-state index in [1.165, 1.54) is 5.56 Å². The van der Waals surface area contributed by atoms with Gasteiger partial charge in [-0.1, -0.05) is 18.2 Å². The minimum Gasteiger partial charge on any atom is -0.451 e. The van der Waals surface area contributed by atoms with Gasteiger partial charge in [0.2, 0.25) is 5.91 Å². The average molecular weight is 331 g/mol. The Labute approximate surface area is 140 Å². The molecule has 24 heavy (non-hydrogen) atoms. The normalized spacial score (nSPS) is 15.1. The fourth-order valence-electron chi connectivity index (χ4n) is 2.24. The zero-order valence-corrected chi connectivity index (χ0v) is 14.0. The van der Waals surface area contributed by atoms with Crippen molar-refractivity contribution >= 4 is 23.5 Å². The van der Waals surface area contributed by atoms with E-state index in [0.29, 0.717) is 0 Å². The quantitative estimate of drug-likeness (QED) is 0.795. The maximum absolute atomic E-state index is 11.9. The van der Waals surface area contributed by atoms with Crippen LogP contribution < -0.4 is 10.7 Å². The number of aryl methyl sites for hydroxylation is 2. The highest BCUT2D eigenvalue weighted by atomic mass is 16.5. The number of hydrogen-bond acceptors (Lipinski definition) is 5. The Morgan fingerprint density at radius 1 is 1.29 bits per heavy atom. The molecule has 0 fully saturated rings. The van der Waals surface area contributed by atoms with Crippen molar-refractivity contribution in [2.75, 3.05) is 6.61 Å². The van der Waals surface area contributed by atoms with Crippen LogP contribution >= 0.6 is 0 Å². The Hall–Kier alpha value is -2.70. The number of ether oxygens (including phenoxy) is 1. The summed E-state index contributed by atoms with van der Waals surface area (Å²) in [5.41, 5.74) is 5.65. The van der Waals surface area contributed by atoms with Gasteiger partial charge < -0.3 is 10.1 Å². The average Bonchev–Trinajstić information content (AvgIpc) is 2.55. The molecule has 0 saturated heterocycles. The summed E-state index contributed by atoms with van der Waals surface area (Å²) in [6, 6.07) is 5.79. The minimum absolute atomic E-state index is 0.115. The molecule has 1 heterocycles. The van der Waals surface area contributed by atoms with Crippen molar-refractivity contribution in [2.24, 2.45) is 5.10 Å². The molecule has 7 nitrogen and oxygen atoms in total. The molecule has 1 atom stereocenters. The molecule has 1 aliphatic rings. The first kappa shape index (κ1) is 17.7. The summed E-state index contributed by atoms with van der Waals surface area (Å²) >= 11 is 0. The van der Waals surface area contributed by atoms with E-state index in [9.17, 15) is 14.4 Å². The molecule has 0 aromatic heterocycles. The van der Waals surface area contributed by atoms with Gasteiger partial charge in [-0.3, -0.25) is 9.59 Å². The molecule has 128 valence electrons. The third-order valence-corrected chi connectivity index (χ3v) is 3.88. The maximum atomic E-state index is 11.9. The van der Waals surface area contributed by atoms with Crippen LogP contribution in [0.3, 0.4) is 0 Å². The van der Waals surface area contributed by atoms with Crippen molar-refractivity contribution < 1.29 is 19.1 Å². The fraction of sp³-hybridized carbons (Fsp3) is 0.412. The standard InChI is InChI=1S/C17H21N3O4/c1-10-4-5-13(8-11(10)2)12(3)18-16(22)9-24-17(23)14-6-7-15(21)20-19-14/h4-5,8,12H,6-7,9H2,1-3H3,(H,18,22)(H,20,21)/t12-/m0/s1. The first-order valence-electron chi connectivity index (χ1n) is 7.76. The van der Waals surface area contributed by atoms with Gasteiger partial charge in [-0.15, -0.1) is 0 Å². The third-order valence-electron chi connectivity index (χ3n) is 3.88. The summed E-state index contributed by atoms with van der Waals surface area (Å²) in [6.45, 7) is 5.52. The number of carbonyl (C=O) groups excluding carboxylic acids is 3. The number of carbonyl (C=O) groups is 3. The summed E-state index contributed by atoms with van der Waals surface area (Å²) in [7, 11) is 0. The lowest BCUT2D eigenvalue weighted by atomic mass is 10.0. The van der Waals surface area contributed by atoms with Gasteiger partial charge in [0.25, 0.3) is 5.91 Å². The summed E-state index contributed by atoms with van der Waals surface area (Å²) in [6.07, 6.45) is 0.398. The van der Waals surface area contributed by atoms with Gasteiger partial charge >= 0.3 is 5.97 Å². The lowest BCUT2D eigenvalue weighted by Gasteiger charge is -2.16. The Morgan fingerprint density at radius 3 is 2.67 bits per heavy atom. The van der Waals surface area contributed by atoms with E-state index >= 15 is 0 Å². The van der Waals surface area contributed by atoms with E-state index in [1.54, 1.807) is 0 Å². The Morgan fingerprint density at radius 2 is 2.04 bits per heavy atom. The van der Waals surface area contributed by atoms with Crippen LogP contribution in [0.1, 0.15) is 42.5 Å². The molecule has 0 unspecified atom stereocenters. The highest BCUT2D eigenvalue weighted by Crippen LogP contribution is 2.16. The molecule has 0 aliphatic carbocycles. The molecule has 7 heteroatoms. The van der Waals surface area contributed by atoms with Gasteiger partial charge in [-0.2, -0.15) is 5.10 Å². The highest BCUT2D eigenvalue weighted by molar-refractivity contribution is 6.37. The second-order valence-electron chi connectivity index (χ2n) is 5.80. The molecule has 0 radical (unpaired) electrons. The van der Waals surface area contributed by atoms with Gasteiger partial charge in [0, 0.05) is 12.8 Å². The minimum atomic E-state index is -0.691. The first-order valence-corrected chi connectivity index (χ1v) is 7.76. The Balaban J connectivity index is 1.83. The van der Waals surface area contributed by atoms with Crippen LogP contribution in [-0.4, -0.2) is 30.1 Å². The second-order valence-corrected chi connectivity index (χ2v) is 5.80. The second kappa shape index (κ2) is 7.72. The molecule has 2 amide bonds. The van der Waals surface area contributed by atoms with Gasteiger partial charge in [-0.25, -0.2) is 10.2 Å². The predicted octanol–water partition coefficient (Wildman–Crippen LogP) is 1.29. The molecule has 1 aliphatic heterocycles. The van der Waals surface area contributed by atoms with E-state index in [-0.39, 0.29) is 37.1 Å². The number of hydrogen-bond donors (Lipinski definition) is 2. The van der Waals surface area contributed by atoms with Crippen molar-refractivity contribution in [1.82, 2.24) is 10.7 Å². The van der Waals surface area contributed by atoms with Crippen molar-refractivity contribution in [3.8, 4) is 0 Å². The number of esters is 1. The lowest BCUT2D eigenvalue weighted by molar-refractivity contribution is -0.142. The molecule has 2 N–H and O–H groups in total. The Kier molecular flexibility index (Phi) is 5.68. The van der Waals surface area contributed by atoms with Crippen molar-refractivity contribution in [1.29, 1.82) is 0 Å². The van der Waals surface area contributed by atoms with Crippen LogP contribution in [0.15, 0.2) is 23.3 Å². The zero-order valence-electron chi connectivity index (χ0n) is 14.0. The van der Waals surface area contributed by atoms with Gasteiger partial charge in [-0.05, 0) is 37.5 Å². The third kappa shape index (κ3) is 4.65. The molecule has 0 bridgehead atoms. The lowest BCUT2D eigenvalue weighted by Crippen LogP contribution is -2.34. The van der Waals surface area contributed by atoms with E-state index in [4.69, 9.17) is 4.74 Å². The monoisotopic (exact) mass is 331 g/mol. The van der Waals surface area contributed by atoms with E-state index < -0.39 is 11.9 Å². The highest BCUT2D eigenvalue weighted by Gasteiger charge is 2.20. The van der Waals surface area contributed by atoms with Crippen molar-refractivity contribution in [2.45, 2.75) is 39.7 Å². The zero-order chi connectivity index (χ0) is 17.7. The maximum Gasteiger partial charge on any atom is 0.355 e. The summed E-state index contributed by atoms with van der Waals surface area (Å²) in [5, 5.41) is 6.41. The van der Waals surface area contributed by atoms with Crippen LogP contribution in [-0.2, 0) is 19.1 Å². The van der Waals surface area contributed by atoms with E-state index in [0.717, 1.165) is 11.1 Å². The van der Waals surface area contributed by atoms with E-state index in [2.05, 4.69) is 15.8 Å². The molecule has 2 rings (SSSR count). The molecular weight excluding hydrogens is 310 g/mol. The van der Waals surface area contributed by atoms with Crippen LogP contribution in [0, 0.1) is 13.8 Å². The SMILES string of the molecule is Cc1ccc([C@H](C)NC(=O)COC(=O)C2=NNC(=O)CC2)cc1C.